The second-order valence-corrected chi connectivity index (χ2v) is 6.92. The van der Waals surface area contributed by atoms with Gasteiger partial charge in [0.25, 0.3) is 0 Å². The van der Waals surface area contributed by atoms with E-state index in [0.29, 0.717) is 11.1 Å². The highest BCUT2D eigenvalue weighted by atomic mass is 32.2. The van der Waals surface area contributed by atoms with Gasteiger partial charge in [0.2, 0.25) is 5.82 Å². The summed E-state index contributed by atoms with van der Waals surface area (Å²) in [6.45, 7) is 3.09. The monoisotopic (exact) mass is 330 g/mol. The molecule has 4 nitrogen and oxygen atoms in total. The van der Waals surface area contributed by atoms with E-state index in [1.807, 2.05) is 0 Å². The second-order valence-electron chi connectivity index (χ2n) is 4.90. The Bertz CT molecular complexity index is 813. The molecule has 22 heavy (non-hydrogen) atoms. The van der Waals surface area contributed by atoms with Crippen molar-refractivity contribution in [3.63, 3.8) is 0 Å². The fourth-order valence-corrected chi connectivity index (χ4v) is 2.53. The van der Waals surface area contributed by atoms with Crippen LogP contribution in [0.1, 0.15) is 17.1 Å². The molecule has 1 aromatic carbocycles. The van der Waals surface area contributed by atoms with Crippen molar-refractivity contribution < 1.29 is 21.6 Å². The van der Waals surface area contributed by atoms with Crippen molar-refractivity contribution in [1.82, 2.24) is 9.97 Å². The zero-order valence-electron chi connectivity index (χ0n) is 12.1. The maximum Gasteiger partial charge on any atom is 0.451 e. The number of alkyl halides is 3. The van der Waals surface area contributed by atoms with E-state index in [4.69, 9.17) is 0 Å². The zero-order valence-corrected chi connectivity index (χ0v) is 12.9. The predicted octanol–water partition coefficient (Wildman–Crippen LogP) is 3.18. The van der Waals surface area contributed by atoms with Crippen LogP contribution in [-0.4, -0.2) is 24.6 Å². The average Bonchev–Trinajstić information content (AvgIpc) is 2.39. The number of hydrogen-bond acceptors (Lipinski definition) is 4. The molecular formula is C14H13F3N2O2S. The Balaban J connectivity index is 2.60. The van der Waals surface area contributed by atoms with Crippen molar-refractivity contribution in [1.29, 1.82) is 0 Å². The second kappa shape index (κ2) is 5.35. The summed E-state index contributed by atoms with van der Waals surface area (Å²) < 4.78 is 61.3. The molecule has 0 aliphatic carbocycles. The van der Waals surface area contributed by atoms with Gasteiger partial charge < -0.3 is 0 Å². The third kappa shape index (κ3) is 3.27. The summed E-state index contributed by atoms with van der Waals surface area (Å²) in [5.41, 5.74) is 1.28. The number of aryl methyl sites for hydroxylation is 1. The first kappa shape index (κ1) is 16.4. The number of rotatable bonds is 2. The SMILES string of the molecule is Cc1nc(C(F)(F)F)nc(-c2ccc(S(C)(=O)=O)cc2)c1C. The summed E-state index contributed by atoms with van der Waals surface area (Å²) in [7, 11) is -3.36. The van der Waals surface area contributed by atoms with Crippen LogP contribution in [0.4, 0.5) is 13.2 Å². The van der Waals surface area contributed by atoms with E-state index in [9.17, 15) is 21.6 Å². The first-order chi connectivity index (χ1) is 10.00. The molecule has 0 spiro atoms. The molecular weight excluding hydrogens is 317 g/mol. The van der Waals surface area contributed by atoms with Crippen LogP contribution in [-0.2, 0) is 16.0 Å². The summed E-state index contributed by atoms with van der Waals surface area (Å²) in [5, 5.41) is 0. The molecule has 118 valence electrons. The van der Waals surface area contributed by atoms with E-state index in [-0.39, 0.29) is 16.3 Å². The zero-order chi connectivity index (χ0) is 16.7. The highest BCUT2D eigenvalue weighted by Crippen LogP contribution is 2.31. The number of aromatic nitrogens is 2. The standard InChI is InChI=1S/C14H13F3N2O2S/c1-8-9(2)18-13(14(15,16)17)19-12(8)10-4-6-11(7-5-10)22(3,20)21/h4-7H,1-3H3. The molecule has 0 unspecified atom stereocenters. The molecule has 0 radical (unpaired) electrons. The summed E-state index contributed by atoms with van der Waals surface area (Å²) in [4.78, 5) is 7.13. The van der Waals surface area contributed by atoms with Crippen LogP contribution in [0, 0.1) is 13.8 Å². The lowest BCUT2D eigenvalue weighted by Crippen LogP contribution is -2.13. The van der Waals surface area contributed by atoms with E-state index in [1.54, 1.807) is 6.92 Å². The lowest BCUT2D eigenvalue weighted by molar-refractivity contribution is -0.145. The Morgan fingerprint density at radius 2 is 1.55 bits per heavy atom. The largest absolute Gasteiger partial charge is 0.451 e. The molecule has 1 aromatic heterocycles. The minimum atomic E-state index is -4.64. The van der Waals surface area contributed by atoms with Gasteiger partial charge in [-0.25, -0.2) is 18.4 Å². The molecule has 8 heteroatoms. The number of nitrogens with zero attached hydrogens (tertiary/aromatic N) is 2. The van der Waals surface area contributed by atoms with Gasteiger partial charge in [-0.15, -0.1) is 0 Å². The minimum absolute atomic E-state index is 0.0933. The summed E-state index contributed by atoms with van der Waals surface area (Å²) >= 11 is 0. The van der Waals surface area contributed by atoms with Crippen molar-refractivity contribution in [3.8, 4) is 11.3 Å². The van der Waals surface area contributed by atoms with Crippen LogP contribution in [0.2, 0.25) is 0 Å². The van der Waals surface area contributed by atoms with E-state index in [0.717, 1.165) is 6.26 Å². The molecule has 0 aliphatic heterocycles. The van der Waals surface area contributed by atoms with Gasteiger partial charge in [0.05, 0.1) is 10.6 Å². The maximum absolute atomic E-state index is 12.8. The van der Waals surface area contributed by atoms with Gasteiger partial charge in [0.15, 0.2) is 9.84 Å². The van der Waals surface area contributed by atoms with Crippen LogP contribution in [0.3, 0.4) is 0 Å². The number of benzene rings is 1. The van der Waals surface area contributed by atoms with Crippen LogP contribution in [0.5, 0.6) is 0 Å². The van der Waals surface area contributed by atoms with E-state index in [1.165, 1.54) is 31.2 Å². The fourth-order valence-electron chi connectivity index (χ4n) is 1.90. The molecule has 0 amide bonds. The summed E-state index contributed by atoms with van der Waals surface area (Å²) in [6.07, 6.45) is -3.58. The third-order valence-corrected chi connectivity index (χ3v) is 4.33. The van der Waals surface area contributed by atoms with Gasteiger partial charge in [0, 0.05) is 17.5 Å². The molecule has 0 saturated heterocycles. The Morgan fingerprint density at radius 1 is 1.00 bits per heavy atom. The van der Waals surface area contributed by atoms with Gasteiger partial charge in [-0.1, -0.05) is 12.1 Å². The van der Waals surface area contributed by atoms with Crippen LogP contribution in [0.25, 0.3) is 11.3 Å². The highest BCUT2D eigenvalue weighted by molar-refractivity contribution is 7.90. The van der Waals surface area contributed by atoms with Gasteiger partial charge in [-0.05, 0) is 31.5 Å². The fraction of sp³-hybridized carbons (Fsp3) is 0.286. The van der Waals surface area contributed by atoms with Crippen LogP contribution in [0.15, 0.2) is 29.2 Å². The normalized spacial score (nSPS) is 12.5. The van der Waals surface area contributed by atoms with Crippen molar-refractivity contribution in [3.05, 3.63) is 41.3 Å². The van der Waals surface area contributed by atoms with Crippen molar-refractivity contribution in [2.24, 2.45) is 0 Å². The molecule has 2 aromatic rings. The lowest BCUT2D eigenvalue weighted by atomic mass is 10.1. The smallest absolute Gasteiger partial charge is 0.229 e. The molecule has 0 atom stereocenters. The Labute approximate surface area is 126 Å². The molecule has 0 bridgehead atoms. The van der Waals surface area contributed by atoms with Crippen LogP contribution < -0.4 is 0 Å². The topological polar surface area (TPSA) is 59.9 Å². The molecule has 0 saturated carbocycles. The first-order valence-corrected chi connectivity index (χ1v) is 8.12. The summed E-state index contributed by atoms with van der Waals surface area (Å²) in [6, 6.07) is 5.56. The summed E-state index contributed by atoms with van der Waals surface area (Å²) in [5.74, 6) is -1.21. The first-order valence-electron chi connectivity index (χ1n) is 6.23. The highest BCUT2D eigenvalue weighted by Gasteiger charge is 2.35. The van der Waals surface area contributed by atoms with E-state index >= 15 is 0 Å². The Morgan fingerprint density at radius 3 is 2.00 bits per heavy atom. The van der Waals surface area contributed by atoms with Gasteiger partial charge in [0.1, 0.15) is 0 Å². The molecule has 0 fully saturated rings. The molecule has 0 aliphatic rings. The van der Waals surface area contributed by atoms with Gasteiger partial charge in [-0.2, -0.15) is 13.2 Å². The molecule has 0 N–H and O–H groups in total. The number of halogens is 3. The van der Waals surface area contributed by atoms with Crippen molar-refractivity contribution >= 4 is 9.84 Å². The molecule has 1 heterocycles. The van der Waals surface area contributed by atoms with Crippen LogP contribution >= 0.6 is 0 Å². The van der Waals surface area contributed by atoms with Crippen molar-refractivity contribution in [2.75, 3.05) is 6.26 Å². The molecule has 2 rings (SSSR count). The Hall–Kier alpha value is -1.96. The van der Waals surface area contributed by atoms with Gasteiger partial charge >= 0.3 is 6.18 Å². The Kier molecular flexibility index (Phi) is 3.99. The lowest BCUT2D eigenvalue weighted by Gasteiger charge is -2.12. The quantitative estimate of drug-likeness (QED) is 0.848. The third-order valence-electron chi connectivity index (χ3n) is 3.20. The van der Waals surface area contributed by atoms with Crippen molar-refractivity contribution in [2.45, 2.75) is 24.9 Å². The maximum atomic E-state index is 12.8. The predicted molar refractivity (Wildman–Crippen MR) is 75.1 cm³/mol. The average molecular weight is 330 g/mol. The van der Waals surface area contributed by atoms with Gasteiger partial charge in [-0.3, -0.25) is 0 Å². The number of hydrogen-bond donors (Lipinski definition) is 0. The van der Waals surface area contributed by atoms with E-state index in [2.05, 4.69) is 9.97 Å². The number of sulfone groups is 1. The van der Waals surface area contributed by atoms with E-state index < -0.39 is 21.8 Å². The minimum Gasteiger partial charge on any atom is -0.229 e.